The second-order valence-corrected chi connectivity index (χ2v) is 13.8. The summed E-state index contributed by atoms with van der Waals surface area (Å²) >= 11 is 6.58. The van der Waals surface area contributed by atoms with E-state index < -0.39 is 24.0 Å². The molecule has 3 N–H and O–H groups in total. The van der Waals surface area contributed by atoms with E-state index in [1.54, 1.807) is 12.1 Å². The van der Waals surface area contributed by atoms with Crippen LogP contribution in [0.25, 0.3) is 0 Å². The van der Waals surface area contributed by atoms with Crippen molar-refractivity contribution in [3.05, 3.63) is 105 Å². The van der Waals surface area contributed by atoms with E-state index in [0.717, 1.165) is 30.4 Å². The van der Waals surface area contributed by atoms with Gasteiger partial charge in [-0.1, -0.05) is 60.7 Å². The number of carbonyl (C=O) groups is 3. The molecule has 0 radical (unpaired) electrons. The Morgan fingerprint density at radius 3 is 1.67 bits per heavy atom. The van der Waals surface area contributed by atoms with E-state index in [0.29, 0.717) is 40.0 Å². The number of aromatic nitrogens is 2. The minimum atomic E-state index is -0.526. The maximum Gasteiger partial charge on any atom is 0.274 e. The van der Waals surface area contributed by atoms with Gasteiger partial charge in [-0.15, -0.1) is 0 Å². The third kappa shape index (κ3) is 10.3. The van der Waals surface area contributed by atoms with Gasteiger partial charge in [0.05, 0.1) is 32.4 Å². The number of halogens is 2. The average Bonchev–Trinajstić information content (AvgIpc) is 3.76. The number of nitrogens with one attached hydrogen (secondary N) is 2. The summed E-state index contributed by atoms with van der Waals surface area (Å²) in [4.78, 5) is 45.8. The fourth-order valence-electron chi connectivity index (χ4n) is 5.85. The smallest absolute Gasteiger partial charge is 0.274 e. The van der Waals surface area contributed by atoms with Crippen molar-refractivity contribution in [1.29, 1.82) is 0 Å². The SMILES string of the molecule is COc1cc(Br)nc(C(=O)NC2CCCC2=O)c1OCc1ccccc1.COc1cc(Br)nc(C(=O)NC2CCCC2O)c1OCc1ccccc1. The molecule has 4 aromatic rings. The van der Waals surface area contributed by atoms with Crippen LogP contribution in [-0.2, 0) is 18.0 Å². The topological polar surface area (TPSA) is 158 Å². The lowest BCUT2D eigenvalue weighted by Gasteiger charge is -2.19. The molecule has 2 aliphatic carbocycles. The first-order valence-corrected chi connectivity index (χ1v) is 18.4. The fourth-order valence-corrected chi connectivity index (χ4v) is 6.62. The second kappa shape index (κ2) is 18.8. The molecule has 2 aliphatic rings. The van der Waals surface area contributed by atoms with Crippen LogP contribution in [0.1, 0.15) is 70.6 Å². The number of methoxy groups -OCH3 is 2. The van der Waals surface area contributed by atoms with Crippen molar-refractivity contribution >= 4 is 49.5 Å². The van der Waals surface area contributed by atoms with Gasteiger partial charge >= 0.3 is 0 Å². The highest BCUT2D eigenvalue weighted by Gasteiger charge is 2.31. The molecule has 0 bridgehead atoms. The number of hydrogen-bond donors (Lipinski definition) is 3. The molecule has 0 spiro atoms. The Labute approximate surface area is 318 Å². The molecule has 3 unspecified atom stereocenters. The molecule has 2 fully saturated rings. The van der Waals surface area contributed by atoms with Gasteiger partial charge in [0, 0.05) is 18.6 Å². The van der Waals surface area contributed by atoms with Crippen LogP contribution in [0, 0.1) is 0 Å². The molecule has 2 amide bonds. The minimum Gasteiger partial charge on any atom is -0.493 e. The van der Waals surface area contributed by atoms with Gasteiger partial charge in [-0.2, -0.15) is 0 Å². The standard InChI is InChI=1S/C19H21BrN2O4.C19H19BrN2O4/c2*1-25-15-10-16(20)22-17(19(24)21-13-8-5-9-14(13)23)18(15)26-11-12-6-3-2-4-7-12/h2-4,6-7,10,13-14,23H,5,8-9,11H2,1H3,(H,21,24);2-4,6-7,10,13H,5,8-9,11H2,1H3,(H,21,24). The zero-order valence-corrected chi connectivity index (χ0v) is 31.9. The van der Waals surface area contributed by atoms with Gasteiger partial charge in [-0.25, -0.2) is 9.97 Å². The van der Waals surface area contributed by atoms with Crippen LogP contribution in [0.3, 0.4) is 0 Å². The third-order valence-electron chi connectivity index (χ3n) is 8.54. The van der Waals surface area contributed by atoms with Gasteiger partial charge in [-0.05, 0) is 75.1 Å². The summed E-state index contributed by atoms with van der Waals surface area (Å²) in [5, 5.41) is 15.6. The lowest BCUT2D eigenvalue weighted by Crippen LogP contribution is -2.40. The lowest BCUT2D eigenvalue weighted by molar-refractivity contribution is -0.118. The van der Waals surface area contributed by atoms with Crippen LogP contribution >= 0.6 is 31.9 Å². The highest BCUT2D eigenvalue weighted by Crippen LogP contribution is 2.35. The molecular weight excluding hydrogens is 800 g/mol. The molecule has 2 aromatic carbocycles. The van der Waals surface area contributed by atoms with Crippen molar-refractivity contribution < 1.29 is 38.4 Å². The molecule has 0 aliphatic heterocycles. The van der Waals surface area contributed by atoms with Crippen molar-refractivity contribution in [2.24, 2.45) is 0 Å². The Bertz CT molecular complexity index is 1850. The number of aliphatic hydroxyl groups excluding tert-OH is 1. The fraction of sp³-hybridized carbons (Fsp3) is 0.342. The first-order chi connectivity index (χ1) is 25.2. The number of hydrogen-bond acceptors (Lipinski definition) is 10. The van der Waals surface area contributed by atoms with Crippen LogP contribution < -0.4 is 29.6 Å². The quantitative estimate of drug-likeness (QED) is 0.137. The van der Waals surface area contributed by atoms with Crippen molar-refractivity contribution in [3.63, 3.8) is 0 Å². The molecule has 3 atom stereocenters. The summed E-state index contributed by atoms with van der Waals surface area (Å²) in [6.07, 6.45) is 3.74. The average molecular weight is 841 g/mol. The zero-order valence-electron chi connectivity index (χ0n) is 28.8. The number of carbonyl (C=O) groups excluding carboxylic acids is 3. The van der Waals surface area contributed by atoms with E-state index in [9.17, 15) is 19.5 Å². The zero-order chi connectivity index (χ0) is 37.0. The van der Waals surface area contributed by atoms with Gasteiger partial charge in [0.15, 0.2) is 40.2 Å². The van der Waals surface area contributed by atoms with Crippen molar-refractivity contribution in [1.82, 2.24) is 20.6 Å². The Morgan fingerprint density at radius 2 is 1.25 bits per heavy atom. The summed E-state index contributed by atoms with van der Waals surface area (Å²) in [5.74, 6) is 0.552. The predicted molar refractivity (Wildman–Crippen MR) is 200 cm³/mol. The Balaban J connectivity index is 0.000000201. The molecule has 14 heteroatoms. The minimum absolute atomic E-state index is 0.0482. The summed E-state index contributed by atoms with van der Waals surface area (Å²) in [6, 6.07) is 21.8. The number of rotatable bonds is 12. The molecule has 12 nitrogen and oxygen atoms in total. The summed E-state index contributed by atoms with van der Waals surface area (Å²) in [7, 11) is 3.01. The van der Waals surface area contributed by atoms with E-state index in [1.165, 1.54) is 14.2 Å². The van der Waals surface area contributed by atoms with Gasteiger partial charge in [-0.3, -0.25) is 14.4 Å². The Kier molecular flexibility index (Phi) is 14.0. The van der Waals surface area contributed by atoms with Gasteiger partial charge < -0.3 is 34.7 Å². The summed E-state index contributed by atoms with van der Waals surface area (Å²) in [6.45, 7) is 0.552. The van der Waals surface area contributed by atoms with Crippen LogP contribution in [0.2, 0.25) is 0 Å². The molecule has 52 heavy (non-hydrogen) atoms. The van der Waals surface area contributed by atoms with Crippen molar-refractivity contribution in [3.8, 4) is 23.0 Å². The van der Waals surface area contributed by atoms with Gasteiger partial charge in [0.2, 0.25) is 0 Å². The van der Waals surface area contributed by atoms with E-state index in [-0.39, 0.29) is 47.9 Å². The predicted octanol–water partition coefficient (Wildman–Crippen LogP) is 6.36. The van der Waals surface area contributed by atoms with E-state index in [2.05, 4.69) is 52.5 Å². The first kappa shape index (κ1) is 38.7. The highest BCUT2D eigenvalue weighted by atomic mass is 79.9. The Morgan fingerprint density at radius 1 is 0.750 bits per heavy atom. The number of amides is 2. The Hall–Kier alpha value is -4.53. The number of nitrogens with zero attached hydrogens (tertiary/aromatic N) is 2. The van der Waals surface area contributed by atoms with Crippen LogP contribution in [0.15, 0.2) is 82.0 Å². The molecule has 2 saturated carbocycles. The normalized spacial score (nSPS) is 17.8. The monoisotopic (exact) mass is 838 g/mol. The molecule has 2 aromatic heterocycles. The summed E-state index contributed by atoms with van der Waals surface area (Å²) < 4.78 is 23.4. The first-order valence-electron chi connectivity index (χ1n) is 16.8. The molecule has 0 saturated heterocycles. The lowest BCUT2D eigenvalue weighted by atomic mass is 10.2. The van der Waals surface area contributed by atoms with E-state index in [4.69, 9.17) is 18.9 Å². The number of pyridine rings is 2. The second-order valence-electron chi connectivity index (χ2n) is 12.2. The van der Waals surface area contributed by atoms with Crippen LogP contribution in [0.4, 0.5) is 0 Å². The third-order valence-corrected chi connectivity index (χ3v) is 9.36. The number of ketones is 1. The summed E-state index contributed by atoms with van der Waals surface area (Å²) in [5.41, 5.74) is 2.14. The molecule has 6 rings (SSSR count). The number of benzene rings is 2. The largest absolute Gasteiger partial charge is 0.493 e. The van der Waals surface area contributed by atoms with Crippen LogP contribution in [-0.4, -0.2) is 65.1 Å². The number of ether oxygens (including phenoxy) is 4. The van der Waals surface area contributed by atoms with Crippen LogP contribution in [0.5, 0.6) is 23.0 Å². The van der Waals surface area contributed by atoms with E-state index in [1.807, 2.05) is 60.7 Å². The maximum atomic E-state index is 12.8. The highest BCUT2D eigenvalue weighted by molar-refractivity contribution is 9.10. The maximum absolute atomic E-state index is 12.8. The van der Waals surface area contributed by atoms with Crippen molar-refractivity contribution in [2.45, 2.75) is 69.9 Å². The molecule has 2 heterocycles. The van der Waals surface area contributed by atoms with Crippen molar-refractivity contribution in [2.75, 3.05) is 14.2 Å². The van der Waals surface area contributed by atoms with E-state index >= 15 is 0 Å². The number of aliphatic hydroxyl groups is 1. The van der Waals surface area contributed by atoms with Gasteiger partial charge in [0.25, 0.3) is 11.8 Å². The number of Topliss-reactive ketones (excluding diaryl/α,β-unsaturated/α-hetero) is 1. The molecule has 274 valence electrons. The van der Waals surface area contributed by atoms with Gasteiger partial charge in [0.1, 0.15) is 22.4 Å². The molecular formula is C38H40Br2N4O8.